The summed E-state index contributed by atoms with van der Waals surface area (Å²) >= 11 is 5.96. The van der Waals surface area contributed by atoms with Crippen molar-refractivity contribution in [1.82, 2.24) is 5.32 Å². The highest BCUT2D eigenvalue weighted by Crippen LogP contribution is 2.25. The number of carboxylic acids is 1. The molecule has 0 aromatic heterocycles. The highest BCUT2D eigenvalue weighted by Gasteiger charge is 2.37. The summed E-state index contributed by atoms with van der Waals surface area (Å²) in [6.45, 7) is 2.77. The molecule has 0 saturated carbocycles. The van der Waals surface area contributed by atoms with Crippen LogP contribution in [0.25, 0.3) is 0 Å². The molecule has 6 heteroatoms. The molecule has 1 atom stereocenters. The van der Waals surface area contributed by atoms with E-state index in [9.17, 15) is 9.59 Å². The van der Waals surface area contributed by atoms with Crippen molar-refractivity contribution in [2.45, 2.75) is 38.1 Å². The van der Waals surface area contributed by atoms with E-state index in [1.54, 1.807) is 6.07 Å². The van der Waals surface area contributed by atoms with Crippen molar-refractivity contribution in [3.8, 4) is 0 Å². The summed E-state index contributed by atoms with van der Waals surface area (Å²) < 4.78 is 5.30. The Bertz CT molecular complexity index is 569. The highest BCUT2D eigenvalue weighted by atomic mass is 35.5. The molecule has 1 fully saturated rings. The van der Waals surface area contributed by atoms with Gasteiger partial charge in [0.25, 0.3) is 0 Å². The van der Waals surface area contributed by atoms with Crippen LogP contribution in [-0.2, 0) is 20.7 Å². The van der Waals surface area contributed by atoms with Crippen LogP contribution in [0.15, 0.2) is 24.3 Å². The van der Waals surface area contributed by atoms with E-state index in [1.807, 2.05) is 25.1 Å². The van der Waals surface area contributed by atoms with Crippen molar-refractivity contribution in [3.05, 3.63) is 34.9 Å². The Morgan fingerprint density at radius 3 is 2.70 bits per heavy atom. The van der Waals surface area contributed by atoms with E-state index in [1.165, 1.54) is 0 Å². The summed E-state index contributed by atoms with van der Waals surface area (Å²) in [5, 5.41) is 12.7. The van der Waals surface area contributed by atoms with Crippen molar-refractivity contribution in [3.63, 3.8) is 0 Å². The van der Waals surface area contributed by atoms with Crippen LogP contribution in [-0.4, -0.2) is 35.7 Å². The normalized spacial score (nSPS) is 18.2. The number of aliphatic carboxylic acids is 1. The average Bonchev–Trinajstić information content (AvgIpc) is 2.47. The standard InChI is InChI=1S/C17H22ClNO4/c1-12(9-13-3-2-4-14(18)10-13)16(22)19-17(11-15(20)21)5-7-23-8-6-17/h2-4,10,12H,5-9,11H2,1H3,(H,19,22)(H,20,21). The summed E-state index contributed by atoms with van der Waals surface area (Å²) in [5.74, 6) is -1.30. The van der Waals surface area contributed by atoms with Crippen molar-refractivity contribution in [1.29, 1.82) is 0 Å². The predicted octanol–water partition coefficient (Wildman–Crippen LogP) is 2.66. The van der Waals surface area contributed by atoms with Crippen molar-refractivity contribution < 1.29 is 19.4 Å². The van der Waals surface area contributed by atoms with Crippen molar-refractivity contribution >= 4 is 23.5 Å². The molecule has 0 spiro atoms. The highest BCUT2D eigenvalue weighted by molar-refractivity contribution is 6.30. The Morgan fingerprint density at radius 2 is 2.09 bits per heavy atom. The third-order valence-corrected chi connectivity index (χ3v) is 4.44. The van der Waals surface area contributed by atoms with Crippen LogP contribution in [0.4, 0.5) is 0 Å². The molecule has 1 amide bonds. The fraction of sp³-hybridized carbons (Fsp3) is 0.529. The first-order valence-electron chi connectivity index (χ1n) is 7.76. The lowest BCUT2D eigenvalue weighted by Crippen LogP contribution is -2.54. The Balaban J connectivity index is 2.01. The van der Waals surface area contributed by atoms with Gasteiger partial charge in [0.1, 0.15) is 0 Å². The average molecular weight is 340 g/mol. The maximum absolute atomic E-state index is 12.5. The molecular weight excluding hydrogens is 318 g/mol. The van der Waals surface area contributed by atoms with Gasteiger partial charge in [0.15, 0.2) is 0 Å². The van der Waals surface area contributed by atoms with Crippen molar-refractivity contribution in [2.24, 2.45) is 5.92 Å². The van der Waals surface area contributed by atoms with E-state index < -0.39 is 11.5 Å². The number of nitrogens with one attached hydrogen (secondary N) is 1. The second kappa shape index (κ2) is 7.79. The molecule has 0 radical (unpaired) electrons. The minimum absolute atomic E-state index is 0.0774. The molecule has 2 rings (SSSR count). The second-order valence-electron chi connectivity index (χ2n) is 6.19. The molecule has 23 heavy (non-hydrogen) atoms. The molecule has 1 aliphatic heterocycles. The minimum Gasteiger partial charge on any atom is -0.481 e. The van der Waals surface area contributed by atoms with E-state index in [2.05, 4.69) is 5.32 Å². The van der Waals surface area contributed by atoms with Gasteiger partial charge in [-0.25, -0.2) is 0 Å². The van der Waals surface area contributed by atoms with Crippen LogP contribution in [0.5, 0.6) is 0 Å². The topological polar surface area (TPSA) is 75.6 Å². The molecular formula is C17H22ClNO4. The molecule has 126 valence electrons. The first-order chi connectivity index (χ1) is 10.9. The quantitative estimate of drug-likeness (QED) is 0.835. The lowest BCUT2D eigenvalue weighted by molar-refractivity contribution is -0.141. The van der Waals surface area contributed by atoms with Gasteiger partial charge in [-0.3, -0.25) is 9.59 Å². The van der Waals surface area contributed by atoms with Gasteiger partial charge >= 0.3 is 5.97 Å². The smallest absolute Gasteiger partial charge is 0.305 e. The molecule has 0 aliphatic carbocycles. The molecule has 1 aliphatic rings. The van der Waals surface area contributed by atoms with Gasteiger partial charge < -0.3 is 15.2 Å². The second-order valence-corrected chi connectivity index (χ2v) is 6.62. The van der Waals surface area contributed by atoms with Crippen LogP contribution >= 0.6 is 11.6 Å². The fourth-order valence-corrected chi connectivity index (χ4v) is 3.11. The van der Waals surface area contributed by atoms with E-state index in [-0.39, 0.29) is 18.2 Å². The molecule has 1 heterocycles. The lowest BCUT2D eigenvalue weighted by Gasteiger charge is -2.37. The maximum atomic E-state index is 12.5. The minimum atomic E-state index is -0.908. The first kappa shape index (κ1) is 17.8. The van der Waals surface area contributed by atoms with Crippen LogP contribution in [0.2, 0.25) is 5.02 Å². The van der Waals surface area contributed by atoms with E-state index in [0.29, 0.717) is 37.5 Å². The van der Waals surface area contributed by atoms with E-state index in [0.717, 1.165) is 5.56 Å². The third kappa shape index (κ3) is 5.22. The molecule has 1 saturated heterocycles. The monoisotopic (exact) mass is 339 g/mol. The number of rotatable bonds is 6. The number of amides is 1. The largest absolute Gasteiger partial charge is 0.481 e. The summed E-state index contributed by atoms with van der Waals surface area (Å²) in [6.07, 6.45) is 1.53. The third-order valence-electron chi connectivity index (χ3n) is 4.21. The summed E-state index contributed by atoms with van der Waals surface area (Å²) in [4.78, 5) is 23.7. The Kier molecular flexibility index (Phi) is 6.02. The number of carbonyl (C=O) groups is 2. The number of benzene rings is 1. The number of hydrogen-bond acceptors (Lipinski definition) is 3. The van der Waals surface area contributed by atoms with Crippen LogP contribution in [0, 0.1) is 5.92 Å². The molecule has 1 aromatic rings. The number of carboxylic acid groups (broad SMARTS) is 1. The maximum Gasteiger partial charge on any atom is 0.305 e. The van der Waals surface area contributed by atoms with Gasteiger partial charge in [-0.1, -0.05) is 30.7 Å². The first-order valence-corrected chi connectivity index (χ1v) is 8.14. The van der Waals surface area contributed by atoms with E-state index >= 15 is 0 Å². The molecule has 1 aromatic carbocycles. The predicted molar refractivity (Wildman–Crippen MR) is 87.5 cm³/mol. The molecule has 2 N–H and O–H groups in total. The summed E-state index contributed by atoms with van der Waals surface area (Å²) in [7, 11) is 0. The number of hydrogen-bond donors (Lipinski definition) is 2. The number of carbonyl (C=O) groups excluding carboxylic acids is 1. The van der Waals surface area contributed by atoms with Crippen molar-refractivity contribution in [2.75, 3.05) is 13.2 Å². The van der Waals surface area contributed by atoms with Gasteiger partial charge in [0.2, 0.25) is 5.91 Å². The zero-order valence-electron chi connectivity index (χ0n) is 13.2. The number of ether oxygens (including phenoxy) is 1. The number of halogens is 1. The Hall–Kier alpha value is -1.59. The SMILES string of the molecule is CC(Cc1cccc(Cl)c1)C(=O)NC1(CC(=O)O)CCOCC1. The Labute approximate surface area is 141 Å². The lowest BCUT2D eigenvalue weighted by atomic mass is 9.85. The zero-order valence-corrected chi connectivity index (χ0v) is 13.9. The fourth-order valence-electron chi connectivity index (χ4n) is 2.89. The van der Waals surface area contributed by atoms with Crippen LogP contribution in [0.1, 0.15) is 31.7 Å². The molecule has 0 bridgehead atoms. The molecule has 5 nitrogen and oxygen atoms in total. The Morgan fingerprint density at radius 1 is 1.39 bits per heavy atom. The van der Waals surface area contributed by atoms with Gasteiger partial charge in [0, 0.05) is 24.2 Å². The van der Waals surface area contributed by atoms with Gasteiger partial charge in [-0.15, -0.1) is 0 Å². The van der Waals surface area contributed by atoms with Gasteiger partial charge in [0.05, 0.1) is 12.0 Å². The molecule has 1 unspecified atom stereocenters. The van der Waals surface area contributed by atoms with Crippen LogP contribution in [0.3, 0.4) is 0 Å². The zero-order chi connectivity index (χ0) is 16.9. The van der Waals surface area contributed by atoms with Gasteiger partial charge in [-0.05, 0) is 37.0 Å². The van der Waals surface area contributed by atoms with E-state index in [4.69, 9.17) is 21.4 Å². The van der Waals surface area contributed by atoms with Gasteiger partial charge in [-0.2, -0.15) is 0 Å². The summed E-state index contributed by atoms with van der Waals surface area (Å²) in [5.41, 5.74) is 0.281. The van der Waals surface area contributed by atoms with Crippen LogP contribution < -0.4 is 5.32 Å². The summed E-state index contributed by atoms with van der Waals surface area (Å²) in [6, 6.07) is 7.41.